The number of phosphoric acid groups is 1. The predicted octanol–water partition coefficient (Wildman–Crippen LogP) is 10.1. The monoisotopic (exact) mass is 805 g/mol. The molecule has 0 aliphatic rings. The summed E-state index contributed by atoms with van der Waals surface area (Å²) >= 11 is 0. The van der Waals surface area contributed by atoms with Crippen LogP contribution >= 0.6 is 7.82 Å². The normalized spacial score (nSPS) is 13.9. The number of carbonyl (C=O) groups excluding carboxylic acids is 2. The van der Waals surface area contributed by atoms with Gasteiger partial charge in [-0.1, -0.05) is 141 Å². The fraction of sp³-hybridized carbons (Fsp3) is 0.864. The van der Waals surface area contributed by atoms with Crippen molar-refractivity contribution in [2.75, 3.05) is 40.9 Å². The van der Waals surface area contributed by atoms with Gasteiger partial charge in [-0.25, -0.2) is 4.57 Å². The van der Waals surface area contributed by atoms with E-state index in [-0.39, 0.29) is 19.4 Å². The Balaban J connectivity index is 0. The van der Waals surface area contributed by atoms with Gasteiger partial charge in [-0.3, -0.25) is 14.1 Å². The number of aliphatic hydroxyl groups is 3. The molecule has 0 saturated heterocycles. The number of rotatable bonds is 38. The van der Waals surface area contributed by atoms with Crippen LogP contribution in [0.1, 0.15) is 194 Å². The topological polar surface area (TPSA) is 162 Å². The maximum absolute atomic E-state index is 12.8. The first kappa shape index (κ1) is 55.9. The number of phosphoric ester groups is 1. The van der Waals surface area contributed by atoms with Crippen LogP contribution in [0.25, 0.3) is 0 Å². The van der Waals surface area contributed by atoms with Gasteiger partial charge >= 0.3 is 7.82 Å². The van der Waals surface area contributed by atoms with Crippen LogP contribution in [0.3, 0.4) is 0 Å². The number of Topliss-reactive ketones (excluding diaryl/α,β-unsaturated/α-hetero) is 2. The second-order valence-electron chi connectivity index (χ2n) is 16.3. The van der Waals surface area contributed by atoms with Crippen LogP contribution in [0.5, 0.6) is 0 Å². The highest BCUT2D eigenvalue weighted by atomic mass is 31.2. The van der Waals surface area contributed by atoms with Gasteiger partial charge in [0.2, 0.25) is 5.60 Å². The first-order valence-electron chi connectivity index (χ1n) is 22.0. The van der Waals surface area contributed by atoms with Crippen molar-refractivity contribution in [1.82, 2.24) is 0 Å². The van der Waals surface area contributed by atoms with Gasteiger partial charge in [0.15, 0.2) is 11.6 Å². The quantitative estimate of drug-likeness (QED) is 0.0134. The minimum atomic E-state index is -4.26. The summed E-state index contributed by atoms with van der Waals surface area (Å²) in [6.45, 7) is 4.33. The molecule has 0 aromatic carbocycles. The Kier molecular flexibility index (Phi) is 37.7. The molecule has 1 atom stereocenters. The molecule has 55 heavy (non-hydrogen) atoms. The van der Waals surface area contributed by atoms with Crippen LogP contribution in [-0.2, 0) is 18.7 Å². The number of carbonyl (C=O) groups is 2. The van der Waals surface area contributed by atoms with E-state index in [4.69, 9.17) is 9.79 Å². The molecule has 0 heterocycles. The van der Waals surface area contributed by atoms with Gasteiger partial charge in [-0.2, -0.15) is 0 Å². The lowest BCUT2D eigenvalue weighted by molar-refractivity contribution is -0.870. The number of hydrogen-bond acceptors (Lipinski definition) is 7. The first-order valence-corrected chi connectivity index (χ1v) is 23.6. The summed E-state index contributed by atoms with van der Waals surface area (Å²) in [4.78, 5) is 42.3. The summed E-state index contributed by atoms with van der Waals surface area (Å²) in [5.74, 6) is -1.32. The van der Waals surface area contributed by atoms with Crippen LogP contribution in [0, 0.1) is 0 Å². The van der Waals surface area contributed by atoms with Gasteiger partial charge in [-0.15, -0.1) is 0 Å². The minimum Gasteiger partial charge on any atom is -0.394 e. The molecule has 0 radical (unpaired) electrons. The van der Waals surface area contributed by atoms with Gasteiger partial charge in [0.05, 0.1) is 27.7 Å². The van der Waals surface area contributed by atoms with E-state index in [9.17, 15) is 29.5 Å². The second kappa shape index (κ2) is 37.1. The first-order chi connectivity index (χ1) is 26.2. The molecule has 0 aromatic rings. The Bertz CT molecular complexity index is 954. The average molecular weight is 805 g/mol. The summed E-state index contributed by atoms with van der Waals surface area (Å²) in [6, 6.07) is 0. The van der Waals surface area contributed by atoms with E-state index in [1.54, 1.807) is 0 Å². The minimum absolute atomic E-state index is 0.0455. The SMILES string of the molecule is CCCCCCCCC=CCCCCCCCC(=O)C(O)(C(=O)CCCCCCCC=CCCCCCCCC)C(O)CO.C[N+](C)(C)CCOP(=O)(O)O. The average Bonchev–Trinajstić information content (AvgIpc) is 3.13. The molecule has 11 heteroatoms. The van der Waals surface area contributed by atoms with Crippen LogP contribution in [0.4, 0.5) is 0 Å². The zero-order valence-corrected chi connectivity index (χ0v) is 37.0. The van der Waals surface area contributed by atoms with E-state index in [0.717, 1.165) is 64.2 Å². The lowest BCUT2D eigenvalue weighted by Gasteiger charge is -2.29. The number of likely N-dealkylation sites (N-methyl/N-ethyl adjacent to an activating group) is 1. The summed E-state index contributed by atoms with van der Waals surface area (Å²) in [7, 11) is 1.50. The molecule has 5 N–H and O–H groups in total. The Morgan fingerprint density at radius 1 is 0.600 bits per heavy atom. The third kappa shape index (κ3) is 36.8. The number of hydrogen-bond donors (Lipinski definition) is 5. The van der Waals surface area contributed by atoms with E-state index in [2.05, 4.69) is 42.7 Å². The van der Waals surface area contributed by atoms with Crippen molar-refractivity contribution in [2.45, 2.75) is 205 Å². The van der Waals surface area contributed by atoms with Crippen LogP contribution in [0.15, 0.2) is 24.3 Å². The molecule has 0 aliphatic heterocycles. The highest BCUT2D eigenvalue weighted by Crippen LogP contribution is 2.35. The number of quaternary nitrogens is 1. The van der Waals surface area contributed by atoms with E-state index >= 15 is 0 Å². The molecule has 0 spiro atoms. The van der Waals surface area contributed by atoms with Crippen molar-refractivity contribution < 1.29 is 48.3 Å². The standard InChI is InChI=1S/C39H72O5.C5H14NO4P/c1-3-5-7-9-11-13-15-17-19-21-23-25-27-29-31-33-36(41)39(44,38(43)35-40)37(42)34-32-30-28-26-24-22-20-18-16-14-12-10-8-6-4-2;1-6(2,3)4-5-10-11(7,8)9/h17-20,38,40,43-44H,3-16,21-35H2,1-2H3;4-5H2,1-3H3,(H-,7,8,9)/p+1. The maximum Gasteiger partial charge on any atom is 0.469 e. The van der Waals surface area contributed by atoms with Crippen molar-refractivity contribution in [3.05, 3.63) is 24.3 Å². The number of ketones is 2. The maximum atomic E-state index is 12.8. The Hall–Kier alpha value is -1.23. The van der Waals surface area contributed by atoms with E-state index in [1.807, 2.05) is 21.1 Å². The Morgan fingerprint density at radius 3 is 1.20 bits per heavy atom. The van der Waals surface area contributed by atoms with E-state index in [1.165, 1.54) is 89.9 Å². The molecule has 0 aliphatic carbocycles. The molecular weight excluding hydrogens is 717 g/mol. The molecule has 0 saturated carbocycles. The zero-order valence-electron chi connectivity index (χ0n) is 36.1. The number of nitrogens with zero attached hydrogens (tertiary/aromatic N) is 1. The Morgan fingerprint density at radius 2 is 0.909 bits per heavy atom. The zero-order chi connectivity index (χ0) is 41.7. The molecule has 0 fully saturated rings. The second-order valence-corrected chi connectivity index (χ2v) is 17.6. The molecule has 0 bridgehead atoms. The largest absolute Gasteiger partial charge is 0.469 e. The van der Waals surface area contributed by atoms with Crippen molar-refractivity contribution in [3.8, 4) is 0 Å². The number of unbranched alkanes of at least 4 members (excludes halogenated alkanes) is 22. The molecule has 326 valence electrons. The molecule has 10 nitrogen and oxygen atoms in total. The van der Waals surface area contributed by atoms with Gasteiger partial charge in [0.1, 0.15) is 19.3 Å². The fourth-order valence-corrected chi connectivity index (χ4v) is 6.51. The summed E-state index contributed by atoms with van der Waals surface area (Å²) < 4.78 is 15.1. The highest BCUT2D eigenvalue weighted by molar-refractivity contribution is 7.46. The summed E-state index contributed by atoms with van der Waals surface area (Å²) in [5, 5.41) is 30.6. The Labute approximate surface area is 337 Å². The van der Waals surface area contributed by atoms with E-state index in [0.29, 0.717) is 23.9 Å². The number of allylic oxidation sites excluding steroid dienone is 4. The third-order valence-electron chi connectivity index (χ3n) is 9.86. The molecule has 0 amide bonds. The highest BCUT2D eigenvalue weighted by Gasteiger charge is 2.48. The lowest BCUT2D eigenvalue weighted by Crippen LogP contribution is -2.57. The van der Waals surface area contributed by atoms with Crippen LogP contribution in [-0.4, -0.2) is 93.8 Å². The molecule has 0 aromatic heterocycles. The van der Waals surface area contributed by atoms with Crippen LogP contribution in [0.2, 0.25) is 0 Å². The smallest absolute Gasteiger partial charge is 0.394 e. The van der Waals surface area contributed by atoms with Gasteiger partial charge in [0.25, 0.3) is 0 Å². The molecule has 1 unspecified atom stereocenters. The van der Waals surface area contributed by atoms with Gasteiger partial charge < -0.3 is 29.6 Å². The van der Waals surface area contributed by atoms with Gasteiger partial charge in [-0.05, 0) is 64.2 Å². The summed E-state index contributed by atoms with van der Waals surface area (Å²) in [6.07, 6.45) is 37.3. The van der Waals surface area contributed by atoms with Crippen molar-refractivity contribution in [3.63, 3.8) is 0 Å². The van der Waals surface area contributed by atoms with Gasteiger partial charge in [0, 0.05) is 12.8 Å². The van der Waals surface area contributed by atoms with Crippen LogP contribution < -0.4 is 0 Å². The third-order valence-corrected chi connectivity index (χ3v) is 10.4. The van der Waals surface area contributed by atoms with Crippen molar-refractivity contribution in [2.24, 2.45) is 0 Å². The lowest BCUT2D eigenvalue weighted by atomic mass is 9.82. The molecular formula is C44H87NO9P+. The van der Waals surface area contributed by atoms with Crippen molar-refractivity contribution in [1.29, 1.82) is 0 Å². The number of aliphatic hydroxyl groups excluding tert-OH is 2. The van der Waals surface area contributed by atoms with E-state index < -0.39 is 37.7 Å². The van der Waals surface area contributed by atoms with Crippen molar-refractivity contribution >= 4 is 19.4 Å². The fourth-order valence-electron chi connectivity index (χ4n) is 6.19. The predicted molar refractivity (Wildman–Crippen MR) is 228 cm³/mol. The molecule has 0 rings (SSSR count). The summed E-state index contributed by atoms with van der Waals surface area (Å²) in [5.41, 5.74) is -2.49.